The summed E-state index contributed by atoms with van der Waals surface area (Å²) >= 11 is 0. The molecule has 1 amide bonds. The molecule has 4 heteroatoms. The number of hydrogen-bond donors (Lipinski definition) is 0. The van der Waals surface area contributed by atoms with E-state index in [9.17, 15) is 9.18 Å². The lowest BCUT2D eigenvalue weighted by atomic mass is 9.77. The standard InChI is InChI=1S/C24H27FN2O/c25-22-8-4-7-21-20(22)11-14-27(24(21)18-5-2-1-3-6-18)23(28)15-19-16-26-12-9-17(19)10-13-26/h1-8,17,19,24H,9-16H2/t19-,24+/m1/s1. The van der Waals surface area contributed by atoms with Gasteiger partial charge >= 0.3 is 0 Å². The zero-order valence-electron chi connectivity index (χ0n) is 16.2. The molecule has 3 nitrogen and oxygen atoms in total. The molecule has 4 heterocycles. The van der Waals surface area contributed by atoms with Crippen molar-refractivity contribution in [3.8, 4) is 0 Å². The second-order valence-corrected chi connectivity index (χ2v) is 8.56. The van der Waals surface area contributed by atoms with Crippen molar-refractivity contribution in [3.63, 3.8) is 0 Å². The molecule has 0 spiro atoms. The Labute approximate surface area is 166 Å². The Balaban J connectivity index is 1.45. The number of halogens is 1. The lowest BCUT2D eigenvalue weighted by molar-refractivity contribution is -0.136. The summed E-state index contributed by atoms with van der Waals surface area (Å²) in [6.45, 7) is 4.04. The summed E-state index contributed by atoms with van der Waals surface area (Å²) in [5, 5.41) is 0. The molecule has 0 aliphatic carbocycles. The average molecular weight is 378 g/mol. The number of rotatable bonds is 3. The van der Waals surface area contributed by atoms with Crippen LogP contribution in [-0.4, -0.2) is 41.9 Å². The summed E-state index contributed by atoms with van der Waals surface area (Å²) in [4.78, 5) is 18.0. The highest BCUT2D eigenvalue weighted by atomic mass is 19.1. The van der Waals surface area contributed by atoms with Crippen molar-refractivity contribution in [3.05, 3.63) is 71.0 Å². The number of hydrogen-bond acceptors (Lipinski definition) is 2. The first-order valence-corrected chi connectivity index (χ1v) is 10.5. The predicted molar refractivity (Wildman–Crippen MR) is 107 cm³/mol. The molecule has 0 N–H and O–H groups in total. The first-order valence-electron chi connectivity index (χ1n) is 10.5. The summed E-state index contributed by atoms with van der Waals surface area (Å²) in [7, 11) is 0. The molecule has 0 radical (unpaired) electrons. The van der Waals surface area contributed by atoms with Crippen molar-refractivity contribution in [2.75, 3.05) is 26.2 Å². The van der Waals surface area contributed by atoms with E-state index in [-0.39, 0.29) is 17.8 Å². The van der Waals surface area contributed by atoms with Crippen molar-refractivity contribution in [2.45, 2.75) is 31.7 Å². The minimum absolute atomic E-state index is 0.150. The fourth-order valence-corrected chi connectivity index (χ4v) is 5.55. The summed E-state index contributed by atoms with van der Waals surface area (Å²) < 4.78 is 14.5. The number of carbonyl (C=O) groups excluding carboxylic acids is 1. The lowest BCUT2D eigenvalue weighted by Crippen LogP contribution is -2.49. The third-order valence-electron chi connectivity index (χ3n) is 7.03. The molecule has 4 aliphatic rings. The highest BCUT2D eigenvalue weighted by Gasteiger charge is 2.38. The van der Waals surface area contributed by atoms with E-state index in [0.29, 0.717) is 31.2 Å². The van der Waals surface area contributed by atoms with Crippen LogP contribution in [0, 0.1) is 17.7 Å². The van der Waals surface area contributed by atoms with Gasteiger partial charge in [0.05, 0.1) is 6.04 Å². The maximum Gasteiger partial charge on any atom is 0.223 e. The van der Waals surface area contributed by atoms with Crippen LogP contribution in [0.3, 0.4) is 0 Å². The Morgan fingerprint density at radius 1 is 1.00 bits per heavy atom. The van der Waals surface area contributed by atoms with Gasteiger partial charge in [-0.15, -0.1) is 0 Å². The van der Waals surface area contributed by atoms with E-state index in [2.05, 4.69) is 17.0 Å². The van der Waals surface area contributed by atoms with Gasteiger partial charge in [-0.1, -0.05) is 42.5 Å². The van der Waals surface area contributed by atoms with Crippen LogP contribution in [-0.2, 0) is 11.2 Å². The minimum Gasteiger partial charge on any atom is -0.331 e. The summed E-state index contributed by atoms with van der Waals surface area (Å²) in [5.74, 6) is 1.24. The summed E-state index contributed by atoms with van der Waals surface area (Å²) in [6.07, 6.45) is 3.68. The number of fused-ring (bicyclic) bond motifs is 4. The van der Waals surface area contributed by atoms with Gasteiger partial charge in [-0.3, -0.25) is 4.79 Å². The van der Waals surface area contributed by atoms with E-state index < -0.39 is 0 Å². The Kier molecular flexibility index (Phi) is 4.67. The molecule has 0 aromatic heterocycles. The number of nitrogens with zero attached hydrogens (tertiary/aromatic N) is 2. The molecule has 3 fully saturated rings. The van der Waals surface area contributed by atoms with E-state index in [1.54, 1.807) is 6.07 Å². The largest absolute Gasteiger partial charge is 0.331 e. The second kappa shape index (κ2) is 7.32. The molecular weight excluding hydrogens is 351 g/mol. The molecule has 0 unspecified atom stereocenters. The third-order valence-corrected chi connectivity index (χ3v) is 7.03. The molecule has 3 saturated heterocycles. The molecule has 2 atom stereocenters. The smallest absolute Gasteiger partial charge is 0.223 e. The molecular formula is C24H27FN2O. The van der Waals surface area contributed by atoms with Gasteiger partial charge < -0.3 is 9.80 Å². The molecule has 2 aromatic carbocycles. The number of piperidine rings is 3. The van der Waals surface area contributed by atoms with Crippen molar-refractivity contribution in [1.82, 2.24) is 9.80 Å². The minimum atomic E-state index is -0.186. The number of benzene rings is 2. The Bertz CT molecular complexity index is 860. The Hall–Kier alpha value is -2.20. The number of carbonyl (C=O) groups is 1. The zero-order chi connectivity index (χ0) is 19.1. The van der Waals surface area contributed by atoms with Gasteiger partial charge in [0, 0.05) is 19.5 Å². The molecule has 28 heavy (non-hydrogen) atoms. The first-order chi connectivity index (χ1) is 13.7. The summed E-state index contributed by atoms with van der Waals surface area (Å²) in [6, 6.07) is 15.2. The normalized spacial score (nSPS) is 28.8. The van der Waals surface area contributed by atoms with Gasteiger partial charge in [-0.2, -0.15) is 0 Å². The van der Waals surface area contributed by atoms with Gasteiger partial charge in [0.1, 0.15) is 5.82 Å². The van der Waals surface area contributed by atoms with E-state index in [1.165, 1.54) is 32.0 Å². The Morgan fingerprint density at radius 3 is 2.50 bits per heavy atom. The zero-order valence-corrected chi connectivity index (χ0v) is 16.2. The van der Waals surface area contributed by atoms with Crippen LogP contribution in [0.15, 0.2) is 48.5 Å². The molecule has 6 rings (SSSR count). The Morgan fingerprint density at radius 2 is 1.79 bits per heavy atom. The van der Waals surface area contributed by atoms with E-state index in [4.69, 9.17) is 0 Å². The van der Waals surface area contributed by atoms with Crippen LogP contribution in [0.4, 0.5) is 4.39 Å². The van der Waals surface area contributed by atoms with E-state index in [0.717, 1.165) is 23.2 Å². The second-order valence-electron chi connectivity index (χ2n) is 8.56. The van der Waals surface area contributed by atoms with E-state index >= 15 is 0 Å². The van der Waals surface area contributed by atoms with Crippen molar-refractivity contribution >= 4 is 5.91 Å². The monoisotopic (exact) mass is 378 g/mol. The highest BCUT2D eigenvalue weighted by Crippen LogP contribution is 2.39. The van der Waals surface area contributed by atoms with Crippen LogP contribution in [0.25, 0.3) is 0 Å². The number of amides is 1. The lowest BCUT2D eigenvalue weighted by Gasteiger charge is -2.46. The summed E-state index contributed by atoms with van der Waals surface area (Å²) in [5.41, 5.74) is 2.78. The van der Waals surface area contributed by atoms with Gasteiger partial charge in [-0.25, -0.2) is 4.39 Å². The van der Waals surface area contributed by atoms with Crippen LogP contribution >= 0.6 is 0 Å². The van der Waals surface area contributed by atoms with Gasteiger partial charge in [0.2, 0.25) is 5.91 Å². The molecule has 2 aromatic rings. The third kappa shape index (κ3) is 3.14. The predicted octanol–water partition coefficient (Wildman–Crippen LogP) is 4.03. The van der Waals surface area contributed by atoms with Gasteiger partial charge in [0.15, 0.2) is 0 Å². The van der Waals surface area contributed by atoms with Crippen LogP contribution in [0.2, 0.25) is 0 Å². The van der Waals surface area contributed by atoms with Crippen molar-refractivity contribution in [1.29, 1.82) is 0 Å². The van der Waals surface area contributed by atoms with Crippen LogP contribution in [0.5, 0.6) is 0 Å². The molecule has 4 aliphatic heterocycles. The first kappa shape index (κ1) is 17.9. The maximum absolute atomic E-state index is 14.5. The highest BCUT2D eigenvalue weighted by molar-refractivity contribution is 5.78. The topological polar surface area (TPSA) is 23.6 Å². The van der Waals surface area contributed by atoms with Gasteiger partial charge in [-0.05, 0) is 66.9 Å². The van der Waals surface area contributed by atoms with Crippen LogP contribution < -0.4 is 0 Å². The maximum atomic E-state index is 14.5. The molecule has 2 bridgehead atoms. The van der Waals surface area contributed by atoms with Crippen molar-refractivity contribution < 1.29 is 9.18 Å². The van der Waals surface area contributed by atoms with Crippen LogP contribution in [0.1, 0.15) is 42.0 Å². The van der Waals surface area contributed by atoms with Crippen molar-refractivity contribution in [2.24, 2.45) is 11.8 Å². The van der Waals surface area contributed by atoms with E-state index in [1.807, 2.05) is 29.2 Å². The molecule has 0 saturated carbocycles. The fraction of sp³-hybridized carbons (Fsp3) is 0.458. The van der Waals surface area contributed by atoms with Gasteiger partial charge in [0.25, 0.3) is 0 Å². The average Bonchev–Trinajstić information content (AvgIpc) is 2.74. The quantitative estimate of drug-likeness (QED) is 0.805. The molecule has 146 valence electrons. The SMILES string of the molecule is O=C(C[C@@H]1CN2CCC1CC2)N1CCc2c(F)cccc2[C@@H]1c1ccccc1. The fourth-order valence-electron chi connectivity index (χ4n) is 5.55.